The van der Waals surface area contributed by atoms with E-state index in [4.69, 9.17) is 0 Å². The number of aryl methyl sites for hydroxylation is 1. The number of piperidine rings is 1. The number of nitrogens with zero attached hydrogens (tertiary/aromatic N) is 4. The van der Waals surface area contributed by atoms with Crippen LogP contribution in [0, 0.1) is 0 Å². The van der Waals surface area contributed by atoms with Crippen molar-refractivity contribution < 1.29 is 4.79 Å². The number of carbonyl (C=O) groups is 1. The lowest BCUT2D eigenvalue weighted by Gasteiger charge is -2.47. The number of hydrogen-bond donors (Lipinski definition) is 1. The first-order valence-electron chi connectivity index (χ1n) is 10.1. The van der Waals surface area contributed by atoms with E-state index >= 15 is 0 Å². The van der Waals surface area contributed by atoms with Crippen molar-refractivity contribution in [1.29, 1.82) is 0 Å². The van der Waals surface area contributed by atoms with Gasteiger partial charge in [-0.25, -0.2) is 9.67 Å². The highest BCUT2D eigenvalue weighted by molar-refractivity contribution is 5.86. The van der Waals surface area contributed by atoms with Gasteiger partial charge in [-0.3, -0.25) is 9.69 Å². The van der Waals surface area contributed by atoms with Crippen LogP contribution in [0.25, 0.3) is 0 Å². The molecule has 0 bridgehead atoms. The Morgan fingerprint density at radius 2 is 1.88 bits per heavy atom. The summed E-state index contributed by atoms with van der Waals surface area (Å²) < 4.78 is 1.92. The average Bonchev–Trinajstić information content (AvgIpc) is 3.12. The van der Waals surface area contributed by atoms with Gasteiger partial charge in [-0.05, 0) is 52.1 Å². The average molecular weight is 348 g/mol. The molecule has 0 unspecified atom stereocenters. The van der Waals surface area contributed by atoms with Crippen molar-refractivity contribution in [3.05, 3.63) is 12.2 Å². The summed E-state index contributed by atoms with van der Waals surface area (Å²) in [7, 11) is 0. The minimum atomic E-state index is -0.303. The maximum Gasteiger partial charge on any atom is 0.241 e. The molecule has 3 rings (SSSR count). The molecular formula is C19H33N5O. The predicted molar refractivity (Wildman–Crippen MR) is 98.1 cm³/mol. The lowest BCUT2D eigenvalue weighted by Crippen LogP contribution is -2.61. The van der Waals surface area contributed by atoms with Gasteiger partial charge in [-0.15, -0.1) is 0 Å². The van der Waals surface area contributed by atoms with Crippen LogP contribution in [0.15, 0.2) is 6.33 Å². The van der Waals surface area contributed by atoms with E-state index in [9.17, 15) is 4.79 Å². The Morgan fingerprint density at radius 3 is 2.56 bits per heavy atom. The van der Waals surface area contributed by atoms with Crippen molar-refractivity contribution in [3.8, 4) is 0 Å². The number of amides is 1. The standard InChI is InChI=1S/C19H33N5O/c1-3-12-24-17(20-15-21-24)16(2)22-18(25)19(10-6-4-7-11-19)23-13-8-5-9-14-23/h15-16H,3-14H2,1-2H3,(H,22,25)/t16-/m1/s1. The monoisotopic (exact) mass is 347 g/mol. The molecule has 0 radical (unpaired) electrons. The van der Waals surface area contributed by atoms with Crippen LogP contribution in [0.1, 0.15) is 83.5 Å². The van der Waals surface area contributed by atoms with E-state index in [0.717, 1.165) is 57.6 Å². The summed E-state index contributed by atoms with van der Waals surface area (Å²) in [6.45, 7) is 7.12. The van der Waals surface area contributed by atoms with E-state index in [1.165, 1.54) is 25.7 Å². The Kier molecular flexibility index (Phi) is 6.10. The number of nitrogens with one attached hydrogen (secondary N) is 1. The van der Waals surface area contributed by atoms with E-state index < -0.39 is 0 Å². The SMILES string of the molecule is CCCn1ncnc1[C@@H](C)NC(=O)C1(N2CCCCC2)CCCCC1. The van der Waals surface area contributed by atoms with E-state index in [2.05, 4.69) is 27.2 Å². The molecular weight excluding hydrogens is 314 g/mol. The lowest BCUT2D eigenvalue weighted by molar-refractivity contribution is -0.138. The largest absolute Gasteiger partial charge is 0.345 e. The lowest BCUT2D eigenvalue weighted by atomic mass is 9.78. The summed E-state index contributed by atoms with van der Waals surface area (Å²) in [6.07, 6.45) is 11.9. The van der Waals surface area contributed by atoms with Gasteiger partial charge in [0.15, 0.2) is 0 Å². The van der Waals surface area contributed by atoms with Gasteiger partial charge in [0.25, 0.3) is 0 Å². The normalized spacial score (nSPS) is 22.5. The molecule has 1 saturated carbocycles. The third-order valence-corrected chi connectivity index (χ3v) is 5.88. The minimum absolute atomic E-state index is 0.106. The minimum Gasteiger partial charge on any atom is -0.345 e. The Labute approximate surface area is 151 Å². The van der Waals surface area contributed by atoms with Gasteiger partial charge in [-0.1, -0.05) is 32.6 Å². The van der Waals surface area contributed by atoms with E-state index in [1.807, 2.05) is 11.6 Å². The maximum absolute atomic E-state index is 13.4. The quantitative estimate of drug-likeness (QED) is 0.859. The van der Waals surface area contributed by atoms with E-state index in [1.54, 1.807) is 6.33 Å². The van der Waals surface area contributed by atoms with Gasteiger partial charge in [0, 0.05) is 6.54 Å². The number of aromatic nitrogens is 3. The zero-order chi connectivity index (χ0) is 17.7. The first-order valence-corrected chi connectivity index (χ1v) is 10.1. The molecule has 2 fully saturated rings. The number of likely N-dealkylation sites (tertiary alicyclic amines) is 1. The summed E-state index contributed by atoms with van der Waals surface area (Å²) in [5.74, 6) is 1.06. The first kappa shape index (κ1) is 18.4. The molecule has 0 spiro atoms. The smallest absolute Gasteiger partial charge is 0.241 e. The van der Waals surface area contributed by atoms with Gasteiger partial charge in [0.2, 0.25) is 5.91 Å². The molecule has 2 heterocycles. The van der Waals surface area contributed by atoms with Crippen molar-refractivity contribution in [2.24, 2.45) is 0 Å². The summed E-state index contributed by atoms with van der Waals surface area (Å²) in [4.78, 5) is 20.3. The van der Waals surface area contributed by atoms with E-state index in [-0.39, 0.29) is 17.5 Å². The Hall–Kier alpha value is -1.43. The van der Waals surface area contributed by atoms with Crippen LogP contribution < -0.4 is 5.32 Å². The fourth-order valence-corrected chi connectivity index (χ4v) is 4.53. The van der Waals surface area contributed by atoms with Crippen molar-refractivity contribution >= 4 is 5.91 Å². The third kappa shape index (κ3) is 3.89. The van der Waals surface area contributed by atoms with Gasteiger partial charge >= 0.3 is 0 Å². The highest BCUT2D eigenvalue weighted by atomic mass is 16.2. The second kappa shape index (κ2) is 8.30. The van der Waals surface area contributed by atoms with Crippen molar-refractivity contribution in [3.63, 3.8) is 0 Å². The number of carbonyl (C=O) groups excluding carboxylic acids is 1. The second-order valence-electron chi connectivity index (χ2n) is 7.68. The predicted octanol–water partition coefficient (Wildman–Crippen LogP) is 3.05. The Bertz CT molecular complexity index is 558. The molecule has 1 atom stereocenters. The van der Waals surface area contributed by atoms with Gasteiger partial charge in [-0.2, -0.15) is 5.10 Å². The number of rotatable bonds is 6. The zero-order valence-corrected chi connectivity index (χ0v) is 15.8. The summed E-state index contributed by atoms with van der Waals surface area (Å²) in [6, 6.07) is -0.106. The summed E-state index contributed by atoms with van der Waals surface area (Å²) >= 11 is 0. The summed E-state index contributed by atoms with van der Waals surface area (Å²) in [5.41, 5.74) is -0.303. The van der Waals surface area contributed by atoms with Crippen molar-refractivity contribution in [1.82, 2.24) is 25.0 Å². The van der Waals surface area contributed by atoms with E-state index in [0.29, 0.717) is 0 Å². The van der Waals surface area contributed by atoms with Crippen LogP contribution in [0.3, 0.4) is 0 Å². The molecule has 1 aromatic heterocycles. The molecule has 1 saturated heterocycles. The van der Waals surface area contributed by atoms with Crippen LogP contribution in [0.4, 0.5) is 0 Å². The Balaban J connectivity index is 1.74. The fourth-order valence-electron chi connectivity index (χ4n) is 4.53. The molecule has 25 heavy (non-hydrogen) atoms. The molecule has 6 heteroatoms. The molecule has 2 aliphatic rings. The van der Waals surface area contributed by atoms with Gasteiger partial charge in [0.05, 0.1) is 6.04 Å². The van der Waals surface area contributed by atoms with Crippen LogP contribution in [0.2, 0.25) is 0 Å². The molecule has 6 nitrogen and oxygen atoms in total. The second-order valence-corrected chi connectivity index (χ2v) is 7.68. The molecule has 1 aromatic rings. The fraction of sp³-hybridized carbons (Fsp3) is 0.842. The molecule has 1 aliphatic heterocycles. The van der Waals surface area contributed by atoms with Crippen LogP contribution in [0.5, 0.6) is 0 Å². The van der Waals surface area contributed by atoms with Gasteiger partial charge < -0.3 is 5.32 Å². The number of hydrogen-bond acceptors (Lipinski definition) is 4. The highest BCUT2D eigenvalue weighted by Gasteiger charge is 2.45. The van der Waals surface area contributed by atoms with Crippen LogP contribution >= 0.6 is 0 Å². The van der Waals surface area contributed by atoms with Gasteiger partial charge in [0.1, 0.15) is 17.7 Å². The summed E-state index contributed by atoms with van der Waals surface area (Å²) in [5, 5.41) is 7.58. The molecule has 1 aliphatic carbocycles. The molecule has 140 valence electrons. The van der Waals surface area contributed by atoms with Crippen molar-refractivity contribution in [2.45, 2.75) is 89.8 Å². The van der Waals surface area contributed by atoms with Crippen LogP contribution in [-0.2, 0) is 11.3 Å². The highest BCUT2D eigenvalue weighted by Crippen LogP contribution is 2.36. The molecule has 1 amide bonds. The Morgan fingerprint density at radius 1 is 1.20 bits per heavy atom. The van der Waals surface area contributed by atoms with Crippen molar-refractivity contribution in [2.75, 3.05) is 13.1 Å². The topological polar surface area (TPSA) is 63.1 Å². The maximum atomic E-state index is 13.4. The molecule has 0 aromatic carbocycles. The first-order chi connectivity index (χ1) is 12.2. The third-order valence-electron chi connectivity index (χ3n) is 5.88. The molecule has 1 N–H and O–H groups in total. The zero-order valence-electron chi connectivity index (χ0n) is 15.8. The van der Waals surface area contributed by atoms with Crippen LogP contribution in [-0.4, -0.2) is 44.2 Å².